The maximum atomic E-state index is 11.6. The Balaban J connectivity index is 2.27. The van der Waals surface area contributed by atoms with Crippen LogP contribution >= 0.6 is 15.9 Å². The van der Waals surface area contributed by atoms with Crippen molar-refractivity contribution < 1.29 is 4.79 Å². The van der Waals surface area contributed by atoms with Gasteiger partial charge in [-0.3, -0.25) is 4.79 Å². The van der Waals surface area contributed by atoms with Gasteiger partial charge in [-0.15, -0.1) is 0 Å². The number of anilines is 1. The van der Waals surface area contributed by atoms with Crippen molar-refractivity contribution in [3.63, 3.8) is 0 Å². The van der Waals surface area contributed by atoms with Crippen LogP contribution in [0.2, 0.25) is 0 Å². The van der Waals surface area contributed by atoms with Gasteiger partial charge in [0.15, 0.2) is 0 Å². The van der Waals surface area contributed by atoms with Crippen molar-refractivity contribution in [2.24, 2.45) is 0 Å². The van der Waals surface area contributed by atoms with Crippen LogP contribution in [0.1, 0.15) is 12.0 Å². The number of carbonyl (C=O) groups excluding carboxylic acids is 1. The van der Waals surface area contributed by atoms with Crippen LogP contribution in [-0.2, 0) is 11.3 Å². The summed E-state index contributed by atoms with van der Waals surface area (Å²) < 4.78 is 1.07. The fraction of sp³-hybridized carbons (Fsp3) is 0.462. The standard InChI is InChI=1S/C13H18BrN3O/c1-15-8-10-7-11(14)3-4-12(10)17-6-2-5-16-13(18)9-17/h3-4,7,15H,2,5-6,8-9H2,1H3,(H,16,18). The maximum absolute atomic E-state index is 11.6. The van der Waals surface area contributed by atoms with Gasteiger partial charge in [0, 0.05) is 29.8 Å². The molecule has 1 aromatic carbocycles. The van der Waals surface area contributed by atoms with E-state index in [1.54, 1.807) is 0 Å². The molecule has 98 valence electrons. The average Bonchev–Trinajstić information content (AvgIpc) is 2.54. The smallest absolute Gasteiger partial charge is 0.239 e. The Bertz CT molecular complexity index is 436. The molecule has 1 aromatic rings. The van der Waals surface area contributed by atoms with E-state index in [4.69, 9.17) is 0 Å². The number of halogens is 1. The van der Waals surface area contributed by atoms with E-state index in [9.17, 15) is 4.79 Å². The summed E-state index contributed by atoms with van der Waals surface area (Å²) in [5.74, 6) is 0.103. The summed E-state index contributed by atoms with van der Waals surface area (Å²) in [6.45, 7) is 2.93. The average molecular weight is 312 g/mol. The molecule has 1 aliphatic rings. The summed E-state index contributed by atoms with van der Waals surface area (Å²) in [6.07, 6.45) is 0.987. The van der Waals surface area contributed by atoms with Crippen LogP contribution in [0.25, 0.3) is 0 Å². The fourth-order valence-electron chi connectivity index (χ4n) is 2.21. The van der Waals surface area contributed by atoms with Gasteiger partial charge < -0.3 is 15.5 Å². The number of hydrogen-bond donors (Lipinski definition) is 2. The number of nitrogens with zero attached hydrogens (tertiary/aromatic N) is 1. The van der Waals surface area contributed by atoms with Crippen LogP contribution in [0.4, 0.5) is 5.69 Å². The van der Waals surface area contributed by atoms with Crippen molar-refractivity contribution in [3.05, 3.63) is 28.2 Å². The molecule has 0 bridgehead atoms. The zero-order valence-electron chi connectivity index (χ0n) is 10.5. The molecule has 1 aliphatic heterocycles. The fourth-order valence-corrected chi connectivity index (χ4v) is 2.61. The quantitative estimate of drug-likeness (QED) is 0.889. The van der Waals surface area contributed by atoms with Crippen LogP contribution < -0.4 is 15.5 Å². The Morgan fingerprint density at radius 1 is 1.50 bits per heavy atom. The second-order valence-corrected chi connectivity index (χ2v) is 5.34. The lowest BCUT2D eigenvalue weighted by Crippen LogP contribution is -2.33. The van der Waals surface area contributed by atoms with Gasteiger partial charge in [-0.2, -0.15) is 0 Å². The van der Waals surface area contributed by atoms with Gasteiger partial charge in [0.25, 0.3) is 0 Å². The first-order valence-electron chi connectivity index (χ1n) is 6.15. The molecule has 5 heteroatoms. The van der Waals surface area contributed by atoms with Gasteiger partial charge in [-0.1, -0.05) is 15.9 Å². The third kappa shape index (κ3) is 3.23. The normalized spacial score (nSPS) is 16.3. The monoisotopic (exact) mass is 311 g/mol. The number of carbonyl (C=O) groups is 1. The zero-order chi connectivity index (χ0) is 13.0. The molecule has 0 aliphatic carbocycles. The highest BCUT2D eigenvalue weighted by atomic mass is 79.9. The number of hydrogen-bond acceptors (Lipinski definition) is 3. The van der Waals surface area contributed by atoms with Gasteiger partial charge in [0.05, 0.1) is 6.54 Å². The molecule has 1 amide bonds. The van der Waals surface area contributed by atoms with Crippen LogP contribution in [-0.4, -0.2) is 32.6 Å². The van der Waals surface area contributed by atoms with Crippen molar-refractivity contribution in [3.8, 4) is 0 Å². The lowest BCUT2D eigenvalue weighted by Gasteiger charge is -2.24. The Morgan fingerprint density at radius 2 is 2.33 bits per heavy atom. The Morgan fingerprint density at radius 3 is 3.11 bits per heavy atom. The highest BCUT2D eigenvalue weighted by Gasteiger charge is 2.17. The number of benzene rings is 1. The lowest BCUT2D eigenvalue weighted by atomic mass is 10.1. The van der Waals surface area contributed by atoms with E-state index in [2.05, 4.69) is 43.6 Å². The Kier molecular flexibility index (Phi) is 4.60. The summed E-state index contributed by atoms with van der Waals surface area (Å²) in [6, 6.07) is 6.21. The first-order valence-corrected chi connectivity index (χ1v) is 6.94. The van der Waals surface area contributed by atoms with Crippen molar-refractivity contribution in [2.45, 2.75) is 13.0 Å². The molecule has 0 radical (unpaired) electrons. The largest absolute Gasteiger partial charge is 0.362 e. The molecule has 2 rings (SSSR count). The van der Waals surface area contributed by atoms with Crippen LogP contribution in [0, 0.1) is 0 Å². The van der Waals surface area contributed by atoms with Crippen LogP contribution in [0.15, 0.2) is 22.7 Å². The minimum atomic E-state index is 0.103. The highest BCUT2D eigenvalue weighted by Crippen LogP contribution is 2.25. The van der Waals surface area contributed by atoms with E-state index in [1.807, 2.05) is 13.1 Å². The van der Waals surface area contributed by atoms with Gasteiger partial charge in [-0.05, 0) is 37.2 Å². The predicted octanol–water partition coefficient (Wildman–Crippen LogP) is 1.49. The van der Waals surface area contributed by atoms with Gasteiger partial charge in [0.1, 0.15) is 0 Å². The predicted molar refractivity (Wildman–Crippen MR) is 76.7 cm³/mol. The molecular formula is C13H18BrN3O. The van der Waals surface area contributed by atoms with Crippen molar-refractivity contribution >= 4 is 27.5 Å². The Labute approximate surface area is 116 Å². The summed E-state index contributed by atoms with van der Waals surface area (Å²) in [5, 5.41) is 6.07. The highest BCUT2D eigenvalue weighted by molar-refractivity contribution is 9.10. The lowest BCUT2D eigenvalue weighted by molar-refractivity contribution is -0.119. The minimum absolute atomic E-state index is 0.103. The van der Waals surface area contributed by atoms with Gasteiger partial charge in [-0.25, -0.2) is 0 Å². The van der Waals surface area contributed by atoms with E-state index in [-0.39, 0.29) is 5.91 Å². The van der Waals surface area contributed by atoms with Crippen LogP contribution in [0.3, 0.4) is 0 Å². The molecule has 1 fully saturated rings. The number of rotatable bonds is 3. The van der Waals surface area contributed by atoms with Gasteiger partial charge in [0.2, 0.25) is 5.91 Å². The molecule has 1 saturated heterocycles. The summed E-state index contributed by atoms with van der Waals surface area (Å²) in [7, 11) is 1.93. The molecule has 1 heterocycles. The molecule has 0 spiro atoms. The van der Waals surface area contributed by atoms with E-state index < -0.39 is 0 Å². The second-order valence-electron chi connectivity index (χ2n) is 4.43. The molecule has 0 saturated carbocycles. The molecule has 0 atom stereocenters. The molecule has 2 N–H and O–H groups in total. The third-order valence-electron chi connectivity index (χ3n) is 3.01. The number of amides is 1. The first-order chi connectivity index (χ1) is 8.70. The zero-order valence-corrected chi connectivity index (χ0v) is 12.1. The topological polar surface area (TPSA) is 44.4 Å². The van der Waals surface area contributed by atoms with Crippen molar-refractivity contribution in [1.82, 2.24) is 10.6 Å². The van der Waals surface area contributed by atoms with E-state index in [0.29, 0.717) is 6.54 Å². The second kappa shape index (κ2) is 6.20. The van der Waals surface area contributed by atoms with Gasteiger partial charge >= 0.3 is 0 Å². The molecule has 18 heavy (non-hydrogen) atoms. The van der Waals surface area contributed by atoms with Crippen molar-refractivity contribution in [2.75, 3.05) is 31.6 Å². The molecule has 4 nitrogen and oxygen atoms in total. The van der Waals surface area contributed by atoms with Crippen molar-refractivity contribution in [1.29, 1.82) is 0 Å². The van der Waals surface area contributed by atoms with E-state index in [0.717, 1.165) is 36.2 Å². The first kappa shape index (κ1) is 13.4. The molecular weight excluding hydrogens is 294 g/mol. The minimum Gasteiger partial charge on any atom is -0.362 e. The Hall–Kier alpha value is -1.07. The molecule has 0 aromatic heterocycles. The van der Waals surface area contributed by atoms with Crippen LogP contribution in [0.5, 0.6) is 0 Å². The SMILES string of the molecule is CNCc1cc(Br)ccc1N1CCCNC(=O)C1. The molecule has 0 unspecified atom stereocenters. The van der Waals surface area contributed by atoms with E-state index >= 15 is 0 Å². The summed E-state index contributed by atoms with van der Waals surface area (Å²) >= 11 is 3.49. The van der Waals surface area contributed by atoms with E-state index in [1.165, 1.54) is 5.56 Å². The summed E-state index contributed by atoms with van der Waals surface area (Å²) in [4.78, 5) is 13.8. The number of nitrogens with one attached hydrogen (secondary N) is 2. The third-order valence-corrected chi connectivity index (χ3v) is 3.50. The summed E-state index contributed by atoms with van der Waals surface area (Å²) in [5.41, 5.74) is 2.35. The maximum Gasteiger partial charge on any atom is 0.239 e.